The normalized spacial score (nSPS) is 19.6. The summed E-state index contributed by atoms with van der Waals surface area (Å²) in [4.78, 5) is 32.4. The van der Waals surface area contributed by atoms with Gasteiger partial charge in [-0.2, -0.15) is 0 Å². The third kappa shape index (κ3) is 5.08. The molecular weight excluding hydrogens is 470 g/mol. The maximum Gasteiger partial charge on any atom is 0.338 e. The van der Waals surface area contributed by atoms with Gasteiger partial charge in [-0.15, -0.1) is 0 Å². The van der Waals surface area contributed by atoms with Crippen LogP contribution in [0.4, 0.5) is 5.69 Å². The smallest absolute Gasteiger partial charge is 0.338 e. The van der Waals surface area contributed by atoms with Crippen LogP contribution >= 0.6 is 0 Å². The van der Waals surface area contributed by atoms with E-state index in [-0.39, 0.29) is 13.2 Å². The van der Waals surface area contributed by atoms with Gasteiger partial charge < -0.3 is 14.2 Å². The molecule has 1 aliphatic heterocycles. The fourth-order valence-corrected chi connectivity index (χ4v) is 4.85. The van der Waals surface area contributed by atoms with Gasteiger partial charge in [0.25, 0.3) is 0 Å². The summed E-state index contributed by atoms with van der Waals surface area (Å²) < 4.78 is 16.0. The van der Waals surface area contributed by atoms with E-state index in [1.807, 2.05) is 54.6 Å². The van der Waals surface area contributed by atoms with Crippen molar-refractivity contribution in [2.75, 3.05) is 32.5 Å². The van der Waals surface area contributed by atoms with E-state index < -0.39 is 23.4 Å². The van der Waals surface area contributed by atoms with Crippen molar-refractivity contribution in [3.8, 4) is 5.75 Å². The number of esters is 2. The maximum absolute atomic E-state index is 13.9. The first-order valence-corrected chi connectivity index (χ1v) is 12.1. The molecule has 1 saturated heterocycles. The zero-order valence-electron chi connectivity index (χ0n) is 21.3. The van der Waals surface area contributed by atoms with E-state index in [9.17, 15) is 9.59 Å². The van der Waals surface area contributed by atoms with Gasteiger partial charge in [0, 0.05) is 0 Å². The highest BCUT2D eigenvalue weighted by atomic mass is 16.7. The minimum Gasteiger partial charge on any atom is -0.497 e. The van der Waals surface area contributed by atoms with Gasteiger partial charge in [0.2, 0.25) is 0 Å². The van der Waals surface area contributed by atoms with Crippen molar-refractivity contribution in [1.29, 1.82) is 0 Å². The van der Waals surface area contributed by atoms with Crippen LogP contribution in [0.2, 0.25) is 0 Å². The van der Waals surface area contributed by atoms with Crippen molar-refractivity contribution in [1.82, 2.24) is 0 Å². The van der Waals surface area contributed by atoms with Crippen molar-refractivity contribution in [2.45, 2.75) is 24.8 Å². The number of ether oxygens (including phenoxy) is 3. The summed E-state index contributed by atoms with van der Waals surface area (Å²) in [5, 5.41) is 1.73. The fraction of sp³-hybridized carbons (Fsp3) is 0.267. The van der Waals surface area contributed by atoms with E-state index in [1.54, 1.807) is 43.4 Å². The van der Waals surface area contributed by atoms with Crippen LogP contribution in [0.1, 0.15) is 40.9 Å². The number of anilines is 1. The first-order chi connectivity index (χ1) is 17.9. The lowest BCUT2D eigenvalue weighted by molar-refractivity contribution is -0.149. The second-order valence-electron chi connectivity index (χ2n) is 8.80. The molecule has 192 valence electrons. The summed E-state index contributed by atoms with van der Waals surface area (Å²) in [6.07, 6.45) is 0.309. The van der Waals surface area contributed by atoms with Crippen LogP contribution < -0.4 is 9.80 Å². The van der Waals surface area contributed by atoms with E-state index >= 15 is 0 Å². The number of carbonyl (C=O) groups is 2. The Labute approximate surface area is 217 Å². The Bertz CT molecular complexity index is 1240. The van der Waals surface area contributed by atoms with Crippen LogP contribution in [0, 0.1) is 0 Å². The van der Waals surface area contributed by atoms with Gasteiger partial charge >= 0.3 is 11.9 Å². The Hall–Kier alpha value is -4.10. The van der Waals surface area contributed by atoms with Crippen molar-refractivity contribution in [3.05, 3.63) is 108 Å². The molecule has 3 aromatic carbocycles. The molecule has 0 aromatic heterocycles. The predicted molar refractivity (Wildman–Crippen MR) is 140 cm³/mol. The zero-order valence-corrected chi connectivity index (χ0v) is 21.3. The van der Waals surface area contributed by atoms with E-state index in [1.165, 1.54) is 7.11 Å². The summed E-state index contributed by atoms with van der Waals surface area (Å²) in [5.74, 6) is -0.137. The van der Waals surface area contributed by atoms with E-state index in [0.29, 0.717) is 23.4 Å². The molecule has 0 saturated carbocycles. The number of methoxy groups -OCH3 is 2. The molecule has 37 heavy (non-hydrogen) atoms. The molecule has 4 rings (SSSR count). The molecule has 1 fully saturated rings. The van der Waals surface area contributed by atoms with Gasteiger partial charge in [-0.05, 0) is 66.4 Å². The van der Waals surface area contributed by atoms with Crippen LogP contribution in [-0.2, 0) is 24.5 Å². The molecule has 0 radical (unpaired) electrons. The molecular formula is C30H31NO6. The van der Waals surface area contributed by atoms with Gasteiger partial charge in [-0.25, -0.2) is 9.86 Å². The molecule has 2 atom stereocenters. The van der Waals surface area contributed by atoms with Gasteiger partial charge in [0.15, 0.2) is 0 Å². The Morgan fingerprint density at radius 2 is 1.68 bits per heavy atom. The van der Waals surface area contributed by atoms with Gasteiger partial charge in [-0.1, -0.05) is 49.0 Å². The first-order valence-electron chi connectivity index (χ1n) is 12.1. The maximum atomic E-state index is 13.9. The second kappa shape index (κ2) is 11.3. The summed E-state index contributed by atoms with van der Waals surface area (Å²) in [7, 11) is 2.99. The quantitative estimate of drug-likeness (QED) is 0.316. The van der Waals surface area contributed by atoms with Crippen molar-refractivity contribution >= 4 is 17.6 Å². The highest BCUT2D eigenvalue weighted by molar-refractivity contribution is 5.90. The van der Waals surface area contributed by atoms with Crippen LogP contribution in [-0.4, -0.2) is 39.4 Å². The first kappa shape index (κ1) is 26.0. The fourth-order valence-electron chi connectivity index (χ4n) is 4.85. The third-order valence-electron chi connectivity index (χ3n) is 6.54. The summed E-state index contributed by atoms with van der Waals surface area (Å²) in [6, 6.07) is 23.4. The number of carbonyl (C=O) groups excluding carboxylic acids is 2. The van der Waals surface area contributed by atoms with Crippen LogP contribution in [0.5, 0.6) is 5.75 Å². The Morgan fingerprint density at radius 1 is 1.00 bits per heavy atom. The molecule has 0 bridgehead atoms. The van der Waals surface area contributed by atoms with Crippen LogP contribution in [0.25, 0.3) is 0 Å². The SMILES string of the molecule is C=C1CON(c2ccc(C(=O)OCC)cc2)[C@@H](c2ccccc2)[C@](C(=O)OC)(c2ccc(OC)cc2)C1. The van der Waals surface area contributed by atoms with Crippen molar-refractivity contribution < 1.29 is 28.6 Å². The van der Waals surface area contributed by atoms with Crippen LogP contribution in [0.15, 0.2) is 91.0 Å². The molecule has 7 nitrogen and oxygen atoms in total. The molecule has 1 aliphatic rings. The largest absolute Gasteiger partial charge is 0.497 e. The molecule has 3 aromatic rings. The minimum absolute atomic E-state index is 0.206. The number of benzene rings is 3. The average Bonchev–Trinajstić information content (AvgIpc) is 3.10. The minimum atomic E-state index is -1.20. The molecule has 0 N–H and O–H groups in total. The molecule has 0 spiro atoms. The lowest BCUT2D eigenvalue weighted by atomic mass is 9.67. The third-order valence-corrected chi connectivity index (χ3v) is 6.54. The number of hydrogen-bond acceptors (Lipinski definition) is 7. The topological polar surface area (TPSA) is 74.3 Å². The van der Waals surface area contributed by atoms with Gasteiger partial charge in [0.1, 0.15) is 17.2 Å². The Kier molecular flexibility index (Phi) is 7.94. The second-order valence-corrected chi connectivity index (χ2v) is 8.80. The van der Waals surface area contributed by atoms with E-state index in [4.69, 9.17) is 19.0 Å². The number of rotatable bonds is 7. The standard InChI is InChI=1S/C30H31NO6/c1-5-36-28(32)23-11-15-25(16-12-23)31-27(22-9-7-6-8-10-22)30(29(33)35-4,19-21(2)20-37-31)24-13-17-26(34-3)18-14-24/h6-18,27H,2,5,19-20H2,1,3-4H3/t27-,30+/m0/s1. The van der Waals surface area contributed by atoms with E-state index in [2.05, 4.69) is 6.58 Å². The average molecular weight is 502 g/mol. The number of hydroxylamine groups is 1. The summed E-state index contributed by atoms with van der Waals surface area (Å²) >= 11 is 0. The van der Waals surface area contributed by atoms with Crippen molar-refractivity contribution in [2.24, 2.45) is 0 Å². The molecule has 0 unspecified atom stereocenters. The molecule has 0 aliphatic carbocycles. The monoisotopic (exact) mass is 501 g/mol. The molecule has 7 heteroatoms. The van der Waals surface area contributed by atoms with Crippen molar-refractivity contribution in [3.63, 3.8) is 0 Å². The Balaban J connectivity index is 1.93. The summed E-state index contributed by atoms with van der Waals surface area (Å²) in [5.41, 5.74) is 2.24. The number of hydrogen-bond donors (Lipinski definition) is 0. The summed E-state index contributed by atoms with van der Waals surface area (Å²) in [6.45, 7) is 6.47. The molecule has 0 amide bonds. The lowest BCUT2D eigenvalue weighted by Crippen LogP contribution is -2.49. The van der Waals surface area contributed by atoms with Crippen LogP contribution in [0.3, 0.4) is 0 Å². The molecule has 1 heterocycles. The zero-order chi connectivity index (χ0) is 26.4. The highest BCUT2D eigenvalue weighted by Crippen LogP contribution is 2.50. The highest BCUT2D eigenvalue weighted by Gasteiger charge is 2.54. The predicted octanol–water partition coefficient (Wildman–Crippen LogP) is 5.42. The van der Waals surface area contributed by atoms with Gasteiger partial charge in [-0.3, -0.25) is 9.63 Å². The lowest BCUT2D eigenvalue weighted by Gasteiger charge is -2.42. The number of nitrogens with zero attached hydrogens (tertiary/aromatic N) is 1. The Morgan fingerprint density at radius 3 is 2.27 bits per heavy atom. The van der Waals surface area contributed by atoms with E-state index in [0.717, 1.165) is 16.7 Å². The van der Waals surface area contributed by atoms with Gasteiger partial charge in [0.05, 0.1) is 38.7 Å².